The van der Waals surface area contributed by atoms with Gasteiger partial charge in [0.1, 0.15) is 11.6 Å². The maximum atomic E-state index is 13.6. The van der Waals surface area contributed by atoms with Gasteiger partial charge in [0.25, 0.3) is 0 Å². The van der Waals surface area contributed by atoms with Gasteiger partial charge in [0.15, 0.2) is 0 Å². The number of halogens is 1. The molecule has 1 atom stereocenters. The number of hydrogen-bond donors (Lipinski definition) is 0. The van der Waals surface area contributed by atoms with Crippen LogP contribution in [0.3, 0.4) is 0 Å². The summed E-state index contributed by atoms with van der Waals surface area (Å²) in [5.41, 5.74) is 4.40. The van der Waals surface area contributed by atoms with Crippen molar-refractivity contribution in [2.45, 2.75) is 13.0 Å². The predicted octanol–water partition coefficient (Wildman–Crippen LogP) is 4.62. The van der Waals surface area contributed by atoms with Crippen LogP contribution < -0.4 is 4.74 Å². The van der Waals surface area contributed by atoms with Gasteiger partial charge < -0.3 is 9.64 Å². The van der Waals surface area contributed by atoms with Crippen molar-refractivity contribution in [2.24, 2.45) is 0 Å². The van der Waals surface area contributed by atoms with E-state index in [1.54, 1.807) is 13.2 Å². The van der Waals surface area contributed by atoms with Gasteiger partial charge in [-0.2, -0.15) is 0 Å². The Morgan fingerprint density at radius 2 is 1.60 bits per heavy atom. The number of rotatable bonds is 6. The highest BCUT2D eigenvalue weighted by Gasteiger charge is 2.26. The first-order valence-corrected chi connectivity index (χ1v) is 10.5. The second kappa shape index (κ2) is 9.37. The Bertz CT molecular complexity index is 954. The summed E-state index contributed by atoms with van der Waals surface area (Å²) in [4.78, 5) is 9.24. The lowest BCUT2D eigenvalue weighted by Crippen LogP contribution is -2.47. The van der Waals surface area contributed by atoms with Crippen LogP contribution in [-0.2, 0) is 0 Å². The fraction of sp³-hybridized carbons (Fsp3) is 0.320. The summed E-state index contributed by atoms with van der Waals surface area (Å²) in [6.07, 6.45) is 3.73. The molecule has 0 saturated carbocycles. The number of piperazine rings is 1. The molecule has 1 aliphatic rings. The van der Waals surface area contributed by atoms with Crippen LogP contribution in [0.1, 0.15) is 24.1 Å². The number of benzene rings is 2. The maximum Gasteiger partial charge on any atom is 0.129 e. The topological polar surface area (TPSA) is 28.6 Å². The second-order valence-corrected chi connectivity index (χ2v) is 7.62. The molecule has 5 heteroatoms. The molecule has 1 saturated heterocycles. The van der Waals surface area contributed by atoms with Crippen molar-refractivity contribution in [2.75, 3.05) is 39.8 Å². The Labute approximate surface area is 177 Å². The lowest BCUT2D eigenvalue weighted by Gasteiger charge is -2.39. The SMILES string of the molecule is CCN1CCN(C(c2ccncc2)c2ccc(-c3ccc(F)cc3OC)cc2)CC1. The molecule has 0 aliphatic carbocycles. The van der Waals surface area contributed by atoms with E-state index in [0.29, 0.717) is 5.75 Å². The molecule has 0 bridgehead atoms. The molecule has 0 radical (unpaired) electrons. The first-order valence-electron chi connectivity index (χ1n) is 10.5. The van der Waals surface area contributed by atoms with Gasteiger partial charge >= 0.3 is 0 Å². The van der Waals surface area contributed by atoms with Crippen molar-refractivity contribution in [3.05, 3.63) is 83.9 Å². The molecule has 2 heterocycles. The highest BCUT2D eigenvalue weighted by Crippen LogP contribution is 2.34. The molecular formula is C25H28FN3O. The van der Waals surface area contributed by atoms with Crippen LogP contribution in [0.15, 0.2) is 67.0 Å². The molecule has 1 fully saturated rings. The monoisotopic (exact) mass is 405 g/mol. The highest BCUT2D eigenvalue weighted by atomic mass is 19.1. The van der Waals surface area contributed by atoms with E-state index < -0.39 is 0 Å². The molecule has 156 valence electrons. The smallest absolute Gasteiger partial charge is 0.129 e. The number of ether oxygens (including phenoxy) is 1. The van der Waals surface area contributed by atoms with Gasteiger partial charge in [0, 0.05) is 50.2 Å². The summed E-state index contributed by atoms with van der Waals surface area (Å²) in [6.45, 7) is 7.56. The average Bonchev–Trinajstić information content (AvgIpc) is 2.81. The number of hydrogen-bond acceptors (Lipinski definition) is 4. The van der Waals surface area contributed by atoms with Crippen LogP contribution >= 0.6 is 0 Å². The second-order valence-electron chi connectivity index (χ2n) is 7.62. The van der Waals surface area contributed by atoms with Crippen molar-refractivity contribution in [3.8, 4) is 16.9 Å². The van der Waals surface area contributed by atoms with E-state index in [9.17, 15) is 4.39 Å². The first kappa shape index (κ1) is 20.5. The van der Waals surface area contributed by atoms with Crippen LogP contribution in [0.4, 0.5) is 4.39 Å². The Balaban J connectivity index is 1.65. The van der Waals surface area contributed by atoms with Crippen molar-refractivity contribution < 1.29 is 9.13 Å². The lowest BCUT2D eigenvalue weighted by molar-refractivity contribution is 0.113. The van der Waals surface area contributed by atoms with Gasteiger partial charge in [0.05, 0.1) is 13.2 Å². The van der Waals surface area contributed by atoms with E-state index in [1.807, 2.05) is 12.4 Å². The number of aromatic nitrogens is 1. The van der Waals surface area contributed by atoms with Gasteiger partial charge in [0.2, 0.25) is 0 Å². The summed E-state index contributed by atoms with van der Waals surface area (Å²) in [6, 6.07) is 17.6. The molecule has 0 spiro atoms. The molecule has 2 aromatic carbocycles. The van der Waals surface area contributed by atoms with Crippen molar-refractivity contribution >= 4 is 0 Å². The number of likely N-dealkylation sites (N-methyl/N-ethyl adjacent to an activating group) is 1. The molecule has 1 unspecified atom stereocenters. The van der Waals surface area contributed by atoms with E-state index in [2.05, 4.69) is 58.1 Å². The zero-order valence-electron chi connectivity index (χ0n) is 17.6. The van der Waals surface area contributed by atoms with Gasteiger partial charge in [-0.1, -0.05) is 31.2 Å². The van der Waals surface area contributed by atoms with E-state index >= 15 is 0 Å². The van der Waals surface area contributed by atoms with E-state index in [1.165, 1.54) is 23.3 Å². The van der Waals surface area contributed by atoms with E-state index in [-0.39, 0.29) is 11.9 Å². The molecule has 1 aliphatic heterocycles. The minimum absolute atomic E-state index is 0.191. The fourth-order valence-corrected chi connectivity index (χ4v) is 4.25. The third kappa shape index (κ3) is 4.37. The Kier molecular flexibility index (Phi) is 6.41. The lowest BCUT2D eigenvalue weighted by atomic mass is 9.94. The van der Waals surface area contributed by atoms with Crippen LogP contribution in [0, 0.1) is 5.82 Å². The van der Waals surface area contributed by atoms with Gasteiger partial charge in [-0.05, 0) is 47.5 Å². The fourth-order valence-electron chi connectivity index (χ4n) is 4.25. The molecule has 0 amide bonds. The summed E-state index contributed by atoms with van der Waals surface area (Å²) in [5.74, 6) is 0.250. The maximum absolute atomic E-state index is 13.6. The predicted molar refractivity (Wildman–Crippen MR) is 118 cm³/mol. The minimum Gasteiger partial charge on any atom is -0.496 e. The molecule has 3 aromatic rings. The summed E-state index contributed by atoms with van der Waals surface area (Å²) in [5, 5.41) is 0. The zero-order valence-corrected chi connectivity index (χ0v) is 17.6. The van der Waals surface area contributed by atoms with Gasteiger partial charge in [-0.25, -0.2) is 4.39 Å². The average molecular weight is 406 g/mol. The Hall–Kier alpha value is -2.76. The summed E-state index contributed by atoms with van der Waals surface area (Å²) in [7, 11) is 1.57. The highest BCUT2D eigenvalue weighted by molar-refractivity contribution is 5.70. The van der Waals surface area contributed by atoms with E-state index in [0.717, 1.165) is 43.9 Å². The van der Waals surface area contributed by atoms with Crippen molar-refractivity contribution in [1.82, 2.24) is 14.8 Å². The van der Waals surface area contributed by atoms with Crippen LogP contribution in [0.5, 0.6) is 5.75 Å². The van der Waals surface area contributed by atoms with Crippen LogP contribution in [0.2, 0.25) is 0 Å². The summed E-state index contributed by atoms with van der Waals surface area (Å²) < 4.78 is 19.0. The van der Waals surface area contributed by atoms with Crippen LogP contribution in [0.25, 0.3) is 11.1 Å². The van der Waals surface area contributed by atoms with Crippen molar-refractivity contribution in [3.63, 3.8) is 0 Å². The number of pyridine rings is 1. The van der Waals surface area contributed by atoms with Gasteiger partial charge in [-0.15, -0.1) is 0 Å². The van der Waals surface area contributed by atoms with Crippen LogP contribution in [-0.4, -0.2) is 54.6 Å². The largest absolute Gasteiger partial charge is 0.496 e. The quantitative estimate of drug-likeness (QED) is 0.598. The Morgan fingerprint density at radius 3 is 2.23 bits per heavy atom. The minimum atomic E-state index is -0.295. The van der Waals surface area contributed by atoms with E-state index in [4.69, 9.17) is 4.74 Å². The summed E-state index contributed by atoms with van der Waals surface area (Å²) >= 11 is 0. The molecule has 4 rings (SSSR count). The van der Waals surface area contributed by atoms with Gasteiger partial charge in [-0.3, -0.25) is 9.88 Å². The number of methoxy groups -OCH3 is 1. The third-order valence-corrected chi connectivity index (χ3v) is 5.94. The van der Waals surface area contributed by atoms with Crippen molar-refractivity contribution in [1.29, 1.82) is 0 Å². The molecule has 4 nitrogen and oxygen atoms in total. The zero-order chi connectivity index (χ0) is 20.9. The number of nitrogens with zero attached hydrogens (tertiary/aromatic N) is 3. The molecular weight excluding hydrogens is 377 g/mol. The first-order chi connectivity index (χ1) is 14.7. The molecule has 0 N–H and O–H groups in total. The third-order valence-electron chi connectivity index (χ3n) is 5.94. The Morgan fingerprint density at radius 1 is 0.933 bits per heavy atom. The molecule has 30 heavy (non-hydrogen) atoms. The standard InChI is InChI=1S/C25H28FN3O/c1-3-28-14-16-29(17-15-28)25(21-10-12-27-13-11-21)20-6-4-19(5-7-20)23-9-8-22(26)18-24(23)30-2/h4-13,18,25H,3,14-17H2,1-2H3. The normalized spacial score (nSPS) is 16.4. The molecule has 1 aromatic heterocycles.